The third-order valence-corrected chi connectivity index (χ3v) is 5.19. The fraction of sp³-hybridized carbons (Fsp3) is 0.706. The van der Waals surface area contributed by atoms with Crippen LogP contribution in [0.3, 0.4) is 0 Å². The first kappa shape index (κ1) is 13.4. The highest BCUT2D eigenvalue weighted by Crippen LogP contribution is 2.35. The van der Waals surface area contributed by atoms with E-state index in [4.69, 9.17) is 0 Å². The molecule has 0 radical (unpaired) electrons. The SMILES string of the molecule is CC1CC(Nc2cccnc2N2CCCC2)CN1C1CC1. The molecular weight excluding hydrogens is 260 g/mol. The highest BCUT2D eigenvalue weighted by atomic mass is 15.3. The minimum absolute atomic E-state index is 0.575. The Morgan fingerprint density at radius 3 is 2.81 bits per heavy atom. The van der Waals surface area contributed by atoms with E-state index in [9.17, 15) is 0 Å². The van der Waals surface area contributed by atoms with E-state index < -0.39 is 0 Å². The van der Waals surface area contributed by atoms with Crippen LogP contribution in [0.5, 0.6) is 0 Å². The predicted molar refractivity (Wildman–Crippen MR) is 86.9 cm³/mol. The topological polar surface area (TPSA) is 31.4 Å². The summed E-state index contributed by atoms with van der Waals surface area (Å²) in [5.74, 6) is 1.16. The average molecular weight is 286 g/mol. The molecule has 1 N–H and O–H groups in total. The van der Waals surface area contributed by atoms with Crippen molar-refractivity contribution in [3.8, 4) is 0 Å². The standard InChI is InChI=1S/C17H26N4/c1-13-11-14(12-21(13)15-6-7-15)19-16-5-4-8-18-17(16)20-9-2-3-10-20/h4-5,8,13-15,19H,2-3,6-7,9-12H2,1H3. The van der Waals surface area contributed by atoms with Crippen molar-refractivity contribution in [2.75, 3.05) is 29.9 Å². The van der Waals surface area contributed by atoms with Crippen molar-refractivity contribution in [1.82, 2.24) is 9.88 Å². The molecule has 3 fully saturated rings. The normalized spacial score (nSPS) is 30.0. The van der Waals surface area contributed by atoms with Crippen molar-refractivity contribution in [2.45, 2.75) is 57.2 Å². The first-order valence-electron chi connectivity index (χ1n) is 8.53. The number of hydrogen-bond acceptors (Lipinski definition) is 4. The van der Waals surface area contributed by atoms with Gasteiger partial charge in [0.25, 0.3) is 0 Å². The number of nitrogens with zero attached hydrogens (tertiary/aromatic N) is 3. The monoisotopic (exact) mass is 286 g/mol. The third-order valence-electron chi connectivity index (χ3n) is 5.19. The number of pyridine rings is 1. The van der Waals surface area contributed by atoms with E-state index >= 15 is 0 Å². The van der Waals surface area contributed by atoms with Crippen LogP contribution >= 0.6 is 0 Å². The Morgan fingerprint density at radius 1 is 1.24 bits per heavy atom. The van der Waals surface area contributed by atoms with Crippen LogP contribution in [0.1, 0.15) is 39.0 Å². The Bertz CT molecular complexity index is 493. The molecule has 1 aromatic heterocycles. The van der Waals surface area contributed by atoms with Gasteiger partial charge in [-0.05, 0) is 51.2 Å². The van der Waals surface area contributed by atoms with Gasteiger partial charge in [0.1, 0.15) is 0 Å². The second-order valence-electron chi connectivity index (χ2n) is 6.92. The molecule has 3 aliphatic rings. The Hall–Kier alpha value is -1.29. The summed E-state index contributed by atoms with van der Waals surface area (Å²) in [5, 5.41) is 3.78. The Kier molecular flexibility index (Phi) is 3.49. The van der Waals surface area contributed by atoms with E-state index in [0.29, 0.717) is 6.04 Å². The van der Waals surface area contributed by atoms with Gasteiger partial charge in [-0.15, -0.1) is 0 Å². The largest absolute Gasteiger partial charge is 0.378 e. The number of likely N-dealkylation sites (tertiary alicyclic amines) is 1. The van der Waals surface area contributed by atoms with E-state index in [-0.39, 0.29) is 0 Å². The van der Waals surface area contributed by atoms with Crippen molar-refractivity contribution in [2.24, 2.45) is 0 Å². The fourth-order valence-corrected chi connectivity index (χ4v) is 3.99. The van der Waals surface area contributed by atoms with Crippen LogP contribution in [0.15, 0.2) is 18.3 Å². The maximum Gasteiger partial charge on any atom is 0.151 e. The lowest BCUT2D eigenvalue weighted by atomic mass is 10.2. The smallest absolute Gasteiger partial charge is 0.151 e. The molecule has 2 saturated heterocycles. The molecule has 114 valence electrons. The van der Waals surface area contributed by atoms with E-state index in [1.54, 1.807) is 0 Å². The number of anilines is 2. The van der Waals surface area contributed by atoms with Gasteiger partial charge in [-0.2, -0.15) is 0 Å². The molecule has 21 heavy (non-hydrogen) atoms. The molecule has 1 aromatic rings. The van der Waals surface area contributed by atoms with E-state index in [1.165, 1.54) is 44.3 Å². The number of nitrogens with one attached hydrogen (secondary N) is 1. The molecule has 2 aliphatic heterocycles. The summed E-state index contributed by atoms with van der Waals surface area (Å²) < 4.78 is 0. The molecule has 4 heteroatoms. The Balaban J connectivity index is 1.47. The molecule has 4 nitrogen and oxygen atoms in total. The molecule has 2 atom stereocenters. The van der Waals surface area contributed by atoms with Crippen LogP contribution in [0.4, 0.5) is 11.5 Å². The molecule has 1 aliphatic carbocycles. The number of hydrogen-bond donors (Lipinski definition) is 1. The summed E-state index contributed by atoms with van der Waals surface area (Å²) in [7, 11) is 0. The summed E-state index contributed by atoms with van der Waals surface area (Å²) in [6.07, 6.45) is 8.58. The summed E-state index contributed by atoms with van der Waals surface area (Å²) in [5.41, 5.74) is 1.23. The first-order valence-corrected chi connectivity index (χ1v) is 8.53. The van der Waals surface area contributed by atoms with Gasteiger partial charge in [-0.3, -0.25) is 4.90 Å². The van der Waals surface area contributed by atoms with Crippen molar-refractivity contribution in [3.63, 3.8) is 0 Å². The van der Waals surface area contributed by atoms with Gasteiger partial charge in [-0.1, -0.05) is 0 Å². The van der Waals surface area contributed by atoms with Crippen molar-refractivity contribution in [1.29, 1.82) is 0 Å². The molecule has 0 spiro atoms. The number of aromatic nitrogens is 1. The molecule has 2 unspecified atom stereocenters. The average Bonchev–Trinajstić information content (AvgIpc) is 3.05. The first-order chi connectivity index (χ1) is 10.3. The van der Waals surface area contributed by atoms with Gasteiger partial charge < -0.3 is 10.2 Å². The molecule has 0 aromatic carbocycles. The highest BCUT2D eigenvalue weighted by molar-refractivity contribution is 5.66. The van der Waals surface area contributed by atoms with Gasteiger partial charge in [0.15, 0.2) is 5.82 Å². The Morgan fingerprint density at radius 2 is 2.05 bits per heavy atom. The zero-order valence-electron chi connectivity index (χ0n) is 13.0. The predicted octanol–water partition coefficient (Wildman–Crippen LogP) is 2.72. The maximum absolute atomic E-state index is 4.64. The van der Waals surface area contributed by atoms with Gasteiger partial charge >= 0.3 is 0 Å². The van der Waals surface area contributed by atoms with Gasteiger partial charge in [0.2, 0.25) is 0 Å². The minimum atomic E-state index is 0.575. The van der Waals surface area contributed by atoms with E-state index in [0.717, 1.165) is 31.0 Å². The molecular formula is C17H26N4. The lowest BCUT2D eigenvalue weighted by Crippen LogP contribution is -2.31. The molecule has 0 amide bonds. The third kappa shape index (κ3) is 2.73. The highest BCUT2D eigenvalue weighted by Gasteiger charge is 2.38. The van der Waals surface area contributed by atoms with Crippen molar-refractivity contribution < 1.29 is 0 Å². The fourth-order valence-electron chi connectivity index (χ4n) is 3.99. The van der Waals surface area contributed by atoms with Crippen LogP contribution in [-0.2, 0) is 0 Å². The summed E-state index contributed by atoms with van der Waals surface area (Å²) in [4.78, 5) is 9.77. The van der Waals surface area contributed by atoms with Crippen LogP contribution in [0, 0.1) is 0 Å². The minimum Gasteiger partial charge on any atom is -0.378 e. The van der Waals surface area contributed by atoms with Gasteiger partial charge in [-0.25, -0.2) is 4.98 Å². The summed E-state index contributed by atoms with van der Waals surface area (Å²) >= 11 is 0. The van der Waals surface area contributed by atoms with Crippen LogP contribution in [0.2, 0.25) is 0 Å². The zero-order valence-corrected chi connectivity index (χ0v) is 13.0. The maximum atomic E-state index is 4.64. The van der Waals surface area contributed by atoms with Gasteiger partial charge in [0, 0.05) is 44.0 Å². The molecule has 0 bridgehead atoms. The van der Waals surface area contributed by atoms with E-state index in [1.807, 2.05) is 6.20 Å². The van der Waals surface area contributed by atoms with Crippen LogP contribution < -0.4 is 10.2 Å². The second-order valence-corrected chi connectivity index (χ2v) is 6.92. The van der Waals surface area contributed by atoms with Crippen LogP contribution in [0.25, 0.3) is 0 Å². The lowest BCUT2D eigenvalue weighted by Gasteiger charge is -2.23. The molecule has 4 rings (SSSR count). The molecule has 3 heterocycles. The Labute approximate surface area is 127 Å². The molecule has 1 saturated carbocycles. The summed E-state index contributed by atoms with van der Waals surface area (Å²) in [6.45, 7) is 5.88. The van der Waals surface area contributed by atoms with Crippen molar-refractivity contribution >= 4 is 11.5 Å². The van der Waals surface area contributed by atoms with E-state index in [2.05, 4.69) is 39.2 Å². The number of rotatable bonds is 4. The lowest BCUT2D eigenvalue weighted by molar-refractivity contribution is 0.257. The zero-order chi connectivity index (χ0) is 14.2. The quantitative estimate of drug-likeness (QED) is 0.922. The van der Waals surface area contributed by atoms with Crippen molar-refractivity contribution in [3.05, 3.63) is 18.3 Å². The summed E-state index contributed by atoms with van der Waals surface area (Å²) in [6, 6.07) is 6.43. The van der Waals surface area contributed by atoms with Crippen LogP contribution in [-0.4, -0.2) is 47.6 Å². The second kappa shape index (κ2) is 5.48. The van der Waals surface area contributed by atoms with Gasteiger partial charge in [0.05, 0.1) is 5.69 Å².